The van der Waals surface area contributed by atoms with E-state index in [1.165, 1.54) is 12.3 Å². The minimum atomic E-state index is -1.37. The van der Waals surface area contributed by atoms with E-state index in [0.717, 1.165) is 6.07 Å². The zero-order valence-electron chi connectivity index (χ0n) is 10.3. The third-order valence-electron chi connectivity index (χ3n) is 2.09. The molecule has 0 spiro atoms. The third-order valence-corrected chi connectivity index (χ3v) is 4.09. The van der Waals surface area contributed by atoms with E-state index in [1.54, 1.807) is 20.8 Å². The van der Waals surface area contributed by atoms with Crippen molar-refractivity contribution in [2.24, 2.45) is 4.40 Å². The van der Waals surface area contributed by atoms with Gasteiger partial charge in [0.15, 0.2) is 0 Å². The van der Waals surface area contributed by atoms with Crippen molar-refractivity contribution in [3.8, 4) is 0 Å². The first-order chi connectivity index (χ1) is 8.21. The molecule has 0 bridgehead atoms. The molecule has 2 nitrogen and oxygen atoms in total. The maximum Gasteiger partial charge on any atom is 0.144 e. The van der Waals surface area contributed by atoms with E-state index in [2.05, 4.69) is 20.3 Å². The van der Waals surface area contributed by atoms with Gasteiger partial charge in [-0.05, 0) is 48.3 Å². The smallest absolute Gasteiger partial charge is 0.144 e. The first-order valence-corrected chi connectivity index (χ1v) is 7.19. The van der Waals surface area contributed by atoms with E-state index in [-0.39, 0.29) is 10.9 Å². The van der Waals surface area contributed by atoms with E-state index >= 15 is 0 Å². The van der Waals surface area contributed by atoms with Crippen LogP contribution in [0.4, 0.5) is 8.78 Å². The van der Waals surface area contributed by atoms with E-state index < -0.39 is 27.7 Å². The van der Waals surface area contributed by atoms with Gasteiger partial charge >= 0.3 is 0 Å². The first kappa shape index (κ1) is 15.6. The lowest BCUT2D eigenvalue weighted by molar-refractivity contribution is 0.561. The van der Waals surface area contributed by atoms with Gasteiger partial charge in [0.1, 0.15) is 27.7 Å². The summed E-state index contributed by atoms with van der Waals surface area (Å²) >= 11 is 1.62. The first-order valence-electron chi connectivity index (χ1n) is 5.30. The minimum absolute atomic E-state index is 0.173. The van der Waals surface area contributed by atoms with Crippen LogP contribution >= 0.6 is 15.9 Å². The number of benzene rings is 1. The Kier molecular flexibility index (Phi) is 5.31. The van der Waals surface area contributed by atoms with Gasteiger partial charge in [-0.2, -0.15) is 0 Å². The molecular weight excluding hydrogens is 324 g/mol. The molecule has 1 rings (SSSR count). The summed E-state index contributed by atoms with van der Waals surface area (Å²) in [5.74, 6) is -1.28. The molecule has 6 heteroatoms. The fourth-order valence-electron chi connectivity index (χ4n) is 1.08. The van der Waals surface area contributed by atoms with E-state index in [1.807, 2.05) is 0 Å². The molecule has 0 amide bonds. The SMILES string of the molecule is CC(C)(C)[S+]([O-])/N=C/Cc1cc(Br)c(F)cc1F. The van der Waals surface area contributed by atoms with Gasteiger partial charge in [-0.3, -0.25) is 0 Å². The van der Waals surface area contributed by atoms with Gasteiger partial charge in [0.2, 0.25) is 0 Å². The van der Waals surface area contributed by atoms with Gasteiger partial charge in [0.25, 0.3) is 0 Å². The van der Waals surface area contributed by atoms with Crippen LogP contribution in [0.3, 0.4) is 0 Å². The highest BCUT2D eigenvalue weighted by atomic mass is 79.9. The predicted molar refractivity (Wildman–Crippen MR) is 74.1 cm³/mol. The molecule has 18 heavy (non-hydrogen) atoms. The second-order valence-electron chi connectivity index (χ2n) is 4.71. The van der Waals surface area contributed by atoms with Crippen LogP contribution in [-0.4, -0.2) is 15.5 Å². The van der Waals surface area contributed by atoms with E-state index in [0.29, 0.717) is 5.56 Å². The summed E-state index contributed by atoms with van der Waals surface area (Å²) < 4.78 is 41.6. The average Bonchev–Trinajstić information content (AvgIpc) is 2.23. The molecule has 1 atom stereocenters. The highest BCUT2D eigenvalue weighted by molar-refractivity contribution is 9.10. The number of nitrogens with zero attached hydrogens (tertiary/aromatic N) is 1. The maximum atomic E-state index is 13.4. The van der Waals surface area contributed by atoms with E-state index in [9.17, 15) is 13.3 Å². The van der Waals surface area contributed by atoms with Gasteiger partial charge < -0.3 is 4.55 Å². The largest absolute Gasteiger partial charge is 0.591 e. The van der Waals surface area contributed by atoms with Crippen molar-refractivity contribution in [1.82, 2.24) is 0 Å². The lowest BCUT2D eigenvalue weighted by Gasteiger charge is -2.17. The molecule has 0 aliphatic carbocycles. The van der Waals surface area contributed by atoms with Crippen LogP contribution in [0.25, 0.3) is 0 Å². The molecule has 0 aliphatic rings. The molecule has 1 aromatic rings. The van der Waals surface area contributed by atoms with Crippen LogP contribution in [0, 0.1) is 11.6 Å². The quantitative estimate of drug-likeness (QED) is 0.469. The van der Waals surface area contributed by atoms with Crippen molar-refractivity contribution >= 4 is 33.5 Å². The van der Waals surface area contributed by atoms with Crippen molar-refractivity contribution in [2.75, 3.05) is 0 Å². The van der Waals surface area contributed by atoms with Crippen molar-refractivity contribution in [1.29, 1.82) is 0 Å². The Labute approximate surface area is 117 Å². The summed E-state index contributed by atoms with van der Waals surface area (Å²) in [5, 5.41) is 0. The molecule has 0 N–H and O–H groups in total. The second-order valence-corrected chi connectivity index (χ2v) is 7.50. The summed E-state index contributed by atoms with van der Waals surface area (Å²) in [6, 6.07) is 2.17. The molecule has 100 valence electrons. The summed E-state index contributed by atoms with van der Waals surface area (Å²) in [6.07, 6.45) is 1.57. The zero-order valence-corrected chi connectivity index (χ0v) is 12.7. The standard InChI is InChI=1S/C12H14BrF2NOS/c1-12(2,3)18(17)16-5-4-8-6-9(13)11(15)7-10(8)14/h5-7H,4H2,1-3H3/b16-5+. The van der Waals surface area contributed by atoms with Gasteiger partial charge in [-0.25, -0.2) is 8.78 Å². The van der Waals surface area contributed by atoms with Crippen LogP contribution in [0.15, 0.2) is 21.0 Å². The van der Waals surface area contributed by atoms with Gasteiger partial charge in [-0.15, -0.1) is 0 Å². The van der Waals surface area contributed by atoms with Crippen LogP contribution < -0.4 is 0 Å². The molecular formula is C12H14BrF2NOS. The van der Waals surface area contributed by atoms with Crippen molar-refractivity contribution in [3.63, 3.8) is 0 Å². The highest BCUT2D eigenvalue weighted by Crippen LogP contribution is 2.20. The molecule has 1 aromatic carbocycles. The molecule has 0 saturated carbocycles. The molecule has 0 aromatic heterocycles. The number of hydrogen-bond donors (Lipinski definition) is 0. The lowest BCUT2D eigenvalue weighted by atomic mass is 10.1. The molecule has 1 unspecified atom stereocenters. The summed E-state index contributed by atoms with van der Waals surface area (Å²) in [4.78, 5) is 0. The minimum Gasteiger partial charge on any atom is -0.591 e. The Morgan fingerprint density at radius 1 is 1.33 bits per heavy atom. The topological polar surface area (TPSA) is 35.4 Å². The zero-order chi connectivity index (χ0) is 13.9. The van der Waals surface area contributed by atoms with Crippen molar-refractivity contribution < 1.29 is 13.3 Å². The van der Waals surface area contributed by atoms with Crippen molar-refractivity contribution in [3.05, 3.63) is 33.8 Å². The Hall–Kier alpha value is -0.460. The molecule has 0 radical (unpaired) electrons. The van der Waals surface area contributed by atoms with Crippen LogP contribution in [-0.2, 0) is 17.8 Å². The molecule has 0 aliphatic heterocycles. The Morgan fingerprint density at radius 2 is 1.94 bits per heavy atom. The normalized spacial score (nSPS) is 14.2. The predicted octanol–water partition coefficient (Wildman–Crippen LogP) is 3.80. The fraction of sp³-hybridized carbons (Fsp3) is 0.417. The molecule has 0 fully saturated rings. The van der Waals surface area contributed by atoms with E-state index in [4.69, 9.17) is 0 Å². The van der Waals surface area contributed by atoms with Gasteiger partial charge in [0, 0.05) is 12.5 Å². The number of halogens is 3. The second kappa shape index (κ2) is 6.12. The summed E-state index contributed by atoms with van der Waals surface area (Å²) in [6.45, 7) is 5.40. The maximum absolute atomic E-state index is 13.4. The summed E-state index contributed by atoms with van der Waals surface area (Å²) in [5.41, 5.74) is 0.304. The van der Waals surface area contributed by atoms with Crippen LogP contribution in [0.2, 0.25) is 0 Å². The monoisotopic (exact) mass is 337 g/mol. The molecule has 0 saturated heterocycles. The Balaban J connectivity index is 2.75. The fourth-order valence-corrected chi connectivity index (χ4v) is 2.00. The van der Waals surface area contributed by atoms with Gasteiger partial charge in [0.05, 0.1) is 10.7 Å². The Bertz CT molecular complexity index is 460. The van der Waals surface area contributed by atoms with Crippen LogP contribution in [0.1, 0.15) is 26.3 Å². The highest BCUT2D eigenvalue weighted by Gasteiger charge is 2.25. The Morgan fingerprint density at radius 3 is 2.50 bits per heavy atom. The average molecular weight is 338 g/mol. The molecule has 0 heterocycles. The number of hydrogen-bond acceptors (Lipinski definition) is 2. The van der Waals surface area contributed by atoms with Crippen molar-refractivity contribution in [2.45, 2.75) is 31.9 Å². The summed E-state index contributed by atoms with van der Waals surface area (Å²) in [7, 11) is 0. The third kappa shape index (κ3) is 4.33. The number of rotatable bonds is 3. The lowest BCUT2D eigenvalue weighted by Crippen LogP contribution is -2.25. The van der Waals surface area contributed by atoms with Crippen LogP contribution in [0.5, 0.6) is 0 Å². The van der Waals surface area contributed by atoms with Gasteiger partial charge in [-0.1, -0.05) is 4.40 Å².